The normalized spacial score (nSPS) is 30.1. The van der Waals surface area contributed by atoms with Crippen LogP contribution in [-0.4, -0.2) is 76.1 Å². The number of hydrogen-bond donors (Lipinski definition) is 1. The van der Waals surface area contributed by atoms with Crippen molar-refractivity contribution in [2.75, 3.05) is 44.2 Å². The summed E-state index contributed by atoms with van der Waals surface area (Å²) in [6, 6.07) is 5.08. The van der Waals surface area contributed by atoms with Crippen LogP contribution in [0.15, 0.2) is 24.5 Å². The Morgan fingerprint density at radius 2 is 1.82 bits per heavy atom. The molecule has 2 heterocycles. The highest BCUT2D eigenvalue weighted by Gasteiger charge is 2.65. The second-order valence-corrected chi connectivity index (χ2v) is 13.0. The average molecular weight is 554 g/mol. The number of anilines is 1. The molecule has 7 nitrogen and oxygen atoms in total. The first-order valence-electron chi connectivity index (χ1n) is 14.6. The van der Waals surface area contributed by atoms with Crippen molar-refractivity contribution in [2.24, 2.45) is 11.8 Å². The fourth-order valence-corrected chi connectivity index (χ4v) is 7.19. The van der Waals surface area contributed by atoms with E-state index in [4.69, 9.17) is 11.6 Å². The first-order valence-corrected chi connectivity index (χ1v) is 15.0. The van der Waals surface area contributed by atoms with Crippen molar-refractivity contribution < 1.29 is 14.3 Å². The van der Waals surface area contributed by atoms with Crippen LogP contribution in [0.4, 0.5) is 10.2 Å². The van der Waals surface area contributed by atoms with Crippen LogP contribution in [0.1, 0.15) is 74.3 Å². The monoisotopic (exact) mass is 553 g/mol. The van der Waals surface area contributed by atoms with Crippen molar-refractivity contribution in [2.45, 2.75) is 68.9 Å². The van der Waals surface area contributed by atoms with Gasteiger partial charge in [0, 0.05) is 50.9 Å². The fraction of sp³-hybridized carbons (Fsp3) is 0.633. The Labute approximate surface area is 234 Å². The SMILES string of the molecule is C[C@@H]1C[C@H](O)c2ncnc(N3CCN(C(=O)C4(c5ccc(Cl)c(F)c5)CC4N(CC4CC4)CC4CC4)CC3)c21. The zero-order chi connectivity index (χ0) is 26.9. The molecule has 3 saturated carbocycles. The quantitative estimate of drug-likeness (QED) is 0.526. The van der Waals surface area contributed by atoms with Gasteiger partial charge in [-0.25, -0.2) is 14.4 Å². The van der Waals surface area contributed by atoms with E-state index in [9.17, 15) is 14.3 Å². The molecule has 7 rings (SSSR count). The van der Waals surface area contributed by atoms with Gasteiger partial charge >= 0.3 is 0 Å². The van der Waals surface area contributed by atoms with E-state index in [2.05, 4.69) is 26.7 Å². The molecule has 1 saturated heterocycles. The lowest BCUT2D eigenvalue weighted by Gasteiger charge is -2.39. The summed E-state index contributed by atoms with van der Waals surface area (Å²) in [6.45, 7) is 6.71. The van der Waals surface area contributed by atoms with Gasteiger partial charge in [0.15, 0.2) is 0 Å². The third kappa shape index (κ3) is 4.62. The Morgan fingerprint density at radius 1 is 1.13 bits per heavy atom. The number of carbonyl (C=O) groups excluding carboxylic acids is 1. The van der Waals surface area contributed by atoms with Crippen LogP contribution < -0.4 is 4.90 Å². The molecule has 2 unspecified atom stereocenters. The van der Waals surface area contributed by atoms with Gasteiger partial charge in [0.2, 0.25) is 5.91 Å². The molecule has 1 N–H and O–H groups in total. The number of benzene rings is 1. The molecule has 1 aromatic carbocycles. The minimum absolute atomic E-state index is 0.0942. The first kappa shape index (κ1) is 25.7. The van der Waals surface area contributed by atoms with Crippen LogP contribution >= 0.6 is 11.6 Å². The minimum Gasteiger partial charge on any atom is -0.387 e. The summed E-state index contributed by atoms with van der Waals surface area (Å²) in [4.78, 5) is 30.1. The number of hydrogen-bond acceptors (Lipinski definition) is 6. The van der Waals surface area contributed by atoms with Gasteiger partial charge in [-0.2, -0.15) is 0 Å². The number of amides is 1. The van der Waals surface area contributed by atoms with Crippen LogP contribution in [0.25, 0.3) is 0 Å². The Kier molecular flexibility index (Phi) is 6.36. The van der Waals surface area contributed by atoms with Crippen molar-refractivity contribution in [1.82, 2.24) is 19.8 Å². The molecule has 1 amide bonds. The summed E-state index contributed by atoms with van der Waals surface area (Å²) in [6.07, 6.45) is 7.49. The second kappa shape index (κ2) is 9.67. The summed E-state index contributed by atoms with van der Waals surface area (Å²) in [5.74, 6) is 2.21. The van der Waals surface area contributed by atoms with Crippen molar-refractivity contribution in [3.8, 4) is 0 Å². The molecule has 9 heteroatoms. The van der Waals surface area contributed by atoms with Crippen LogP contribution in [0.5, 0.6) is 0 Å². The molecule has 4 aliphatic carbocycles. The maximum Gasteiger partial charge on any atom is 0.235 e. The van der Waals surface area contributed by atoms with E-state index in [1.54, 1.807) is 12.4 Å². The van der Waals surface area contributed by atoms with E-state index in [1.807, 2.05) is 11.0 Å². The van der Waals surface area contributed by atoms with Crippen LogP contribution in [0.3, 0.4) is 0 Å². The number of rotatable bonds is 8. The molecule has 2 aromatic rings. The lowest BCUT2D eigenvalue weighted by molar-refractivity contribution is -0.135. The van der Waals surface area contributed by atoms with Gasteiger partial charge < -0.3 is 14.9 Å². The van der Waals surface area contributed by atoms with Crippen molar-refractivity contribution >= 4 is 23.3 Å². The predicted octanol–water partition coefficient (Wildman–Crippen LogP) is 4.29. The molecule has 4 atom stereocenters. The Bertz CT molecular complexity index is 1260. The lowest BCUT2D eigenvalue weighted by Crippen LogP contribution is -2.53. The summed E-state index contributed by atoms with van der Waals surface area (Å²) in [7, 11) is 0. The zero-order valence-corrected chi connectivity index (χ0v) is 23.3. The second-order valence-electron chi connectivity index (χ2n) is 12.6. The number of halogens is 2. The molecule has 1 aromatic heterocycles. The predicted molar refractivity (Wildman–Crippen MR) is 147 cm³/mol. The largest absolute Gasteiger partial charge is 0.387 e. The number of nitrogens with zero attached hydrogens (tertiary/aromatic N) is 5. The highest BCUT2D eigenvalue weighted by Crippen LogP contribution is 2.55. The van der Waals surface area contributed by atoms with E-state index < -0.39 is 17.3 Å². The van der Waals surface area contributed by atoms with Crippen molar-refractivity contribution in [1.29, 1.82) is 0 Å². The van der Waals surface area contributed by atoms with Crippen LogP contribution in [-0.2, 0) is 10.2 Å². The first-order chi connectivity index (χ1) is 18.8. The number of fused-ring (bicyclic) bond motifs is 1. The Balaban J connectivity index is 1.13. The molecule has 39 heavy (non-hydrogen) atoms. The molecule has 0 bridgehead atoms. The van der Waals surface area contributed by atoms with Crippen molar-refractivity contribution in [3.05, 3.63) is 52.2 Å². The van der Waals surface area contributed by atoms with Gasteiger partial charge in [0.25, 0.3) is 0 Å². The summed E-state index contributed by atoms with van der Waals surface area (Å²) in [5, 5.41) is 10.5. The number of aliphatic hydroxyl groups excluding tert-OH is 1. The molecule has 0 radical (unpaired) electrons. The number of aromatic nitrogens is 2. The molecule has 5 aliphatic rings. The van der Waals surface area contributed by atoms with Gasteiger partial charge in [-0.05, 0) is 74.0 Å². The van der Waals surface area contributed by atoms with Gasteiger partial charge in [-0.3, -0.25) is 9.69 Å². The lowest BCUT2D eigenvalue weighted by atomic mass is 9.92. The smallest absolute Gasteiger partial charge is 0.235 e. The van der Waals surface area contributed by atoms with E-state index in [0.29, 0.717) is 32.6 Å². The molecule has 4 fully saturated rings. The minimum atomic E-state index is -0.716. The van der Waals surface area contributed by atoms with E-state index in [0.717, 1.165) is 54.0 Å². The third-order valence-electron chi connectivity index (χ3n) is 9.71. The highest BCUT2D eigenvalue weighted by atomic mass is 35.5. The van der Waals surface area contributed by atoms with Gasteiger partial charge in [-0.1, -0.05) is 24.6 Å². The molecule has 1 aliphatic heterocycles. The van der Waals surface area contributed by atoms with Crippen molar-refractivity contribution in [3.63, 3.8) is 0 Å². The topological polar surface area (TPSA) is 72.8 Å². The number of carbonyl (C=O) groups is 1. The molecule has 208 valence electrons. The molecule has 0 spiro atoms. The molecular weight excluding hydrogens is 517 g/mol. The summed E-state index contributed by atoms with van der Waals surface area (Å²) >= 11 is 6.05. The highest BCUT2D eigenvalue weighted by molar-refractivity contribution is 6.30. The fourth-order valence-electron chi connectivity index (χ4n) is 7.07. The Hall–Kier alpha value is -2.29. The van der Waals surface area contributed by atoms with Gasteiger partial charge in [0.05, 0.1) is 22.2 Å². The zero-order valence-electron chi connectivity index (χ0n) is 22.5. The van der Waals surface area contributed by atoms with E-state index >= 15 is 0 Å². The maximum atomic E-state index is 14.7. The van der Waals surface area contributed by atoms with E-state index in [-0.39, 0.29) is 22.9 Å². The summed E-state index contributed by atoms with van der Waals surface area (Å²) in [5.41, 5.74) is 1.82. The summed E-state index contributed by atoms with van der Waals surface area (Å²) < 4.78 is 14.7. The third-order valence-corrected chi connectivity index (χ3v) is 10.0. The standard InChI is InChI=1S/C30H37ClFN5O2/c1-18-12-24(38)27-26(18)28(34-17-33-27)35-8-10-36(11-9-35)29(39)30(21-6-7-22(31)23(32)13-21)14-25(30)37(15-19-2-3-19)16-20-4-5-20/h6-7,13,17-20,24-25,38H,2-5,8-12,14-16H2,1H3/t18-,24+,25?,30?/m1/s1. The van der Waals surface area contributed by atoms with Crippen LogP contribution in [0, 0.1) is 17.7 Å². The average Bonchev–Trinajstić information content (AvgIpc) is 3.82. The number of piperazine rings is 1. The van der Waals surface area contributed by atoms with E-state index in [1.165, 1.54) is 31.7 Å². The Morgan fingerprint density at radius 3 is 2.46 bits per heavy atom. The maximum absolute atomic E-state index is 14.7. The van der Waals surface area contributed by atoms with Gasteiger partial charge in [0.1, 0.15) is 18.0 Å². The molecular formula is C30H37ClFN5O2. The van der Waals surface area contributed by atoms with Crippen LogP contribution in [0.2, 0.25) is 5.02 Å². The van der Waals surface area contributed by atoms with Gasteiger partial charge in [-0.15, -0.1) is 0 Å². The number of aliphatic hydroxyl groups is 1.